The second kappa shape index (κ2) is 11.6. The number of hydrogen-bond donors (Lipinski definition) is 0. The lowest BCUT2D eigenvalue weighted by Gasteiger charge is -1.98. The molecule has 0 rings (SSSR count). The van der Waals surface area contributed by atoms with E-state index in [0.717, 1.165) is 0 Å². The van der Waals surface area contributed by atoms with Crippen molar-refractivity contribution < 1.29 is 0 Å². The highest BCUT2D eigenvalue weighted by atomic mass is 13.9. The van der Waals surface area contributed by atoms with Crippen LogP contribution in [0.15, 0.2) is 23.8 Å². The number of rotatable bonds is 9. The van der Waals surface area contributed by atoms with Crippen LogP contribution in [0.5, 0.6) is 0 Å². The van der Waals surface area contributed by atoms with Crippen molar-refractivity contribution in [1.29, 1.82) is 0 Å². The fraction of sp³-hybridized carbons (Fsp3) is 0.733. The molecule has 0 atom stereocenters. The van der Waals surface area contributed by atoms with Crippen molar-refractivity contribution >= 4 is 0 Å². The Kier molecular flexibility index (Phi) is 11.2. The van der Waals surface area contributed by atoms with Crippen LogP contribution in [0.3, 0.4) is 0 Å². The fourth-order valence-corrected chi connectivity index (χ4v) is 1.58. The summed E-state index contributed by atoms with van der Waals surface area (Å²) in [4.78, 5) is 0. The summed E-state index contributed by atoms with van der Waals surface area (Å²) < 4.78 is 0. The molecule has 15 heavy (non-hydrogen) atoms. The topological polar surface area (TPSA) is 0 Å². The average Bonchev–Trinajstić information content (AvgIpc) is 2.23. The van der Waals surface area contributed by atoms with Gasteiger partial charge in [0.25, 0.3) is 0 Å². The molecule has 0 aromatic rings. The van der Waals surface area contributed by atoms with E-state index in [1.165, 1.54) is 56.9 Å². The third-order valence-corrected chi connectivity index (χ3v) is 2.67. The van der Waals surface area contributed by atoms with Gasteiger partial charge >= 0.3 is 0 Å². The molecule has 0 heteroatoms. The number of unbranched alkanes of at least 4 members (excludes halogenated alkanes) is 5. The Labute approximate surface area is 96.5 Å². The highest BCUT2D eigenvalue weighted by Crippen LogP contribution is 2.08. The third kappa shape index (κ3) is 11.4. The molecular formula is C15H28. The zero-order valence-electron chi connectivity index (χ0n) is 10.9. The normalized spacial score (nSPS) is 12.6. The van der Waals surface area contributed by atoms with Crippen molar-refractivity contribution in [1.82, 2.24) is 0 Å². The van der Waals surface area contributed by atoms with Crippen molar-refractivity contribution in [3.63, 3.8) is 0 Å². The molecule has 0 N–H and O–H groups in total. The van der Waals surface area contributed by atoms with Crippen molar-refractivity contribution in [2.24, 2.45) is 0 Å². The Morgan fingerprint density at radius 3 is 2.27 bits per heavy atom. The van der Waals surface area contributed by atoms with Gasteiger partial charge in [-0.25, -0.2) is 0 Å². The quantitative estimate of drug-likeness (QED) is 0.339. The van der Waals surface area contributed by atoms with Crippen LogP contribution in [0.1, 0.15) is 72.1 Å². The second-order valence-corrected chi connectivity index (χ2v) is 4.39. The molecule has 0 saturated heterocycles. The van der Waals surface area contributed by atoms with Gasteiger partial charge in [-0.2, -0.15) is 0 Å². The van der Waals surface area contributed by atoms with Crippen molar-refractivity contribution in [3.05, 3.63) is 23.8 Å². The Morgan fingerprint density at radius 1 is 0.933 bits per heavy atom. The summed E-state index contributed by atoms with van der Waals surface area (Å²) in [6.07, 6.45) is 17.4. The van der Waals surface area contributed by atoms with E-state index in [4.69, 9.17) is 0 Å². The minimum Gasteiger partial charge on any atom is -0.0845 e. The maximum Gasteiger partial charge on any atom is -0.0320 e. The highest BCUT2D eigenvalue weighted by Gasteiger charge is 1.88. The molecule has 0 aliphatic heterocycles. The third-order valence-electron chi connectivity index (χ3n) is 2.67. The molecule has 0 spiro atoms. The van der Waals surface area contributed by atoms with Gasteiger partial charge in [0.2, 0.25) is 0 Å². The van der Waals surface area contributed by atoms with Crippen LogP contribution in [0.4, 0.5) is 0 Å². The lowest BCUT2D eigenvalue weighted by Crippen LogP contribution is -1.77. The van der Waals surface area contributed by atoms with E-state index < -0.39 is 0 Å². The van der Waals surface area contributed by atoms with Gasteiger partial charge in [0.05, 0.1) is 0 Å². The first-order valence-electron chi connectivity index (χ1n) is 6.63. The summed E-state index contributed by atoms with van der Waals surface area (Å²) >= 11 is 0. The van der Waals surface area contributed by atoms with Crippen LogP contribution in [0, 0.1) is 0 Å². The SMILES string of the molecule is CCCCC/C=C/C=C(/C)CCCCC. The fourth-order valence-electron chi connectivity index (χ4n) is 1.58. The molecular weight excluding hydrogens is 180 g/mol. The van der Waals surface area contributed by atoms with Crippen molar-refractivity contribution in [3.8, 4) is 0 Å². The zero-order valence-corrected chi connectivity index (χ0v) is 10.9. The summed E-state index contributed by atoms with van der Waals surface area (Å²) in [7, 11) is 0. The molecule has 0 unspecified atom stereocenters. The lowest BCUT2D eigenvalue weighted by molar-refractivity contribution is 0.713. The van der Waals surface area contributed by atoms with Gasteiger partial charge in [-0.3, -0.25) is 0 Å². The largest absolute Gasteiger partial charge is 0.0845 e. The van der Waals surface area contributed by atoms with Gasteiger partial charge in [0.15, 0.2) is 0 Å². The lowest BCUT2D eigenvalue weighted by atomic mass is 10.1. The highest BCUT2D eigenvalue weighted by molar-refractivity contribution is 5.10. The van der Waals surface area contributed by atoms with Crippen LogP contribution < -0.4 is 0 Å². The Balaban J connectivity index is 3.46. The molecule has 88 valence electrons. The molecule has 0 fully saturated rings. The Morgan fingerprint density at radius 2 is 1.60 bits per heavy atom. The van der Waals surface area contributed by atoms with E-state index in [-0.39, 0.29) is 0 Å². The maximum atomic E-state index is 2.30. The smallest absolute Gasteiger partial charge is 0.0320 e. The molecule has 0 radical (unpaired) electrons. The molecule has 0 nitrogen and oxygen atoms in total. The van der Waals surface area contributed by atoms with Gasteiger partial charge < -0.3 is 0 Å². The molecule has 0 aromatic heterocycles. The summed E-state index contributed by atoms with van der Waals surface area (Å²) in [6, 6.07) is 0. The zero-order chi connectivity index (χ0) is 11.4. The average molecular weight is 208 g/mol. The minimum absolute atomic E-state index is 1.24. The first-order chi connectivity index (χ1) is 7.31. The molecule has 0 heterocycles. The first kappa shape index (κ1) is 14.5. The summed E-state index contributed by atoms with van der Waals surface area (Å²) in [5, 5.41) is 0. The predicted molar refractivity (Wildman–Crippen MR) is 71.2 cm³/mol. The monoisotopic (exact) mass is 208 g/mol. The standard InChI is InChI=1S/C15H28/c1-4-6-8-9-10-12-14-15(3)13-11-7-5-2/h10,12,14H,4-9,11,13H2,1-3H3/b12-10+,15-14-. The summed E-state index contributed by atoms with van der Waals surface area (Å²) in [5.74, 6) is 0. The molecule has 0 aliphatic rings. The van der Waals surface area contributed by atoms with Gasteiger partial charge in [0, 0.05) is 0 Å². The van der Waals surface area contributed by atoms with Crippen LogP contribution in [-0.4, -0.2) is 0 Å². The summed E-state index contributed by atoms with van der Waals surface area (Å²) in [5.41, 5.74) is 1.52. The van der Waals surface area contributed by atoms with E-state index in [1.807, 2.05) is 0 Å². The maximum absolute atomic E-state index is 2.30. The van der Waals surface area contributed by atoms with E-state index in [1.54, 1.807) is 0 Å². The van der Waals surface area contributed by atoms with E-state index in [9.17, 15) is 0 Å². The Bertz CT molecular complexity index is 174. The van der Waals surface area contributed by atoms with Gasteiger partial charge in [-0.15, -0.1) is 0 Å². The summed E-state index contributed by atoms with van der Waals surface area (Å²) in [6.45, 7) is 6.75. The van der Waals surface area contributed by atoms with Crippen molar-refractivity contribution in [2.75, 3.05) is 0 Å². The van der Waals surface area contributed by atoms with Gasteiger partial charge in [-0.1, -0.05) is 63.3 Å². The van der Waals surface area contributed by atoms with E-state index in [0.29, 0.717) is 0 Å². The molecule has 0 bridgehead atoms. The van der Waals surface area contributed by atoms with Crippen molar-refractivity contribution in [2.45, 2.75) is 72.1 Å². The first-order valence-corrected chi connectivity index (χ1v) is 6.63. The van der Waals surface area contributed by atoms with Crippen LogP contribution >= 0.6 is 0 Å². The van der Waals surface area contributed by atoms with E-state index >= 15 is 0 Å². The molecule has 0 saturated carbocycles. The number of hydrogen-bond acceptors (Lipinski definition) is 0. The van der Waals surface area contributed by atoms with Crippen LogP contribution in [-0.2, 0) is 0 Å². The van der Waals surface area contributed by atoms with Gasteiger partial charge in [-0.05, 0) is 32.6 Å². The molecule has 0 aromatic carbocycles. The van der Waals surface area contributed by atoms with Crippen LogP contribution in [0.25, 0.3) is 0 Å². The number of allylic oxidation sites excluding steroid dienone is 4. The minimum atomic E-state index is 1.24. The second-order valence-electron chi connectivity index (χ2n) is 4.39. The molecule has 0 amide bonds. The molecule has 0 aliphatic carbocycles. The van der Waals surface area contributed by atoms with Gasteiger partial charge in [0.1, 0.15) is 0 Å². The predicted octanol–water partition coefficient (Wildman–Crippen LogP) is 5.65. The van der Waals surface area contributed by atoms with E-state index in [2.05, 4.69) is 39.0 Å². The van der Waals surface area contributed by atoms with Crippen LogP contribution in [0.2, 0.25) is 0 Å². The Hall–Kier alpha value is -0.520.